The molecule has 0 saturated heterocycles. The van der Waals surface area contributed by atoms with E-state index in [-0.39, 0.29) is 5.69 Å². The third-order valence-corrected chi connectivity index (χ3v) is 3.17. The summed E-state index contributed by atoms with van der Waals surface area (Å²) in [7, 11) is 0. The van der Waals surface area contributed by atoms with Gasteiger partial charge in [0.2, 0.25) is 0 Å². The summed E-state index contributed by atoms with van der Waals surface area (Å²) in [5, 5.41) is 17.9. The van der Waals surface area contributed by atoms with Crippen LogP contribution in [0.2, 0.25) is 0 Å². The minimum absolute atomic E-state index is 0.0391. The summed E-state index contributed by atoms with van der Waals surface area (Å²) in [6.07, 6.45) is 4.73. The van der Waals surface area contributed by atoms with Gasteiger partial charge >= 0.3 is 0 Å². The predicted octanol–water partition coefficient (Wildman–Crippen LogP) is 1.76. The fourth-order valence-electron chi connectivity index (χ4n) is 2.07. The van der Waals surface area contributed by atoms with E-state index in [0.29, 0.717) is 23.9 Å². The van der Waals surface area contributed by atoms with E-state index in [1.54, 1.807) is 30.6 Å². The zero-order valence-corrected chi connectivity index (χ0v) is 12.0. The summed E-state index contributed by atoms with van der Waals surface area (Å²) in [6, 6.07) is 8.12. The van der Waals surface area contributed by atoms with Crippen LogP contribution in [0, 0.1) is 10.1 Å². The Morgan fingerprint density at radius 1 is 1.30 bits per heavy atom. The van der Waals surface area contributed by atoms with Crippen molar-refractivity contribution in [2.75, 3.05) is 11.1 Å². The number of rotatable bonds is 5. The van der Waals surface area contributed by atoms with Crippen LogP contribution in [-0.4, -0.2) is 24.7 Å². The summed E-state index contributed by atoms with van der Waals surface area (Å²) in [5.41, 5.74) is 7.20. The molecule has 3 N–H and O–H groups in total. The van der Waals surface area contributed by atoms with Crippen molar-refractivity contribution in [3.8, 4) is 5.82 Å². The minimum atomic E-state index is -0.432. The number of aromatic nitrogens is 4. The van der Waals surface area contributed by atoms with Gasteiger partial charge in [0, 0.05) is 31.1 Å². The zero-order chi connectivity index (χ0) is 16.2. The van der Waals surface area contributed by atoms with E-state index in [9.17, 15) is 10.1 Å². The summed E-state index contributed by atoms with van der Waals surface area (Å²) >= 11 is 0. The van der Waals surface area contributed by atoms with Crippen LogP contribution in [0.3, 0.4) is 0 Å². The average molecular weight is 311 g/mol. The smallest absolute Gasteiger partial charge is 0.269 e. The number of nitrogen functional groups attached to an aromatic ring is 1. The first kappa shape index (κ1) is 14.4. The first-order valence-electron chi connectivity index (χ1n) is 6.73. The highest BCUT2D eigenvalue weighted by Gasteiger charge is 2.11. The van der Waals surface area contributed by atoms with Crippen molar-refractivity contribution >= 4 is 17.2 Å². The van der Waals surface area contributed by atoms with Crippen molar-refractivity contribution in [1.82, 2.24) is 19.7 Å². The summed E-state index contributed by atoms with van der Waals surface area (Å²) in [4.78, 5) is 18.6. The molecule has 1 aromatic carbocycles. The lowest BCUT2D eigenvalue weighted by atomic mass is 10.2. The van der Waals surface area contributed by atoms with E-state index in [0.717, 1.165) is 5.56 Å². The number of benzene rings is 1. The van der Waals surface area contributed by atoms with Crippen molar-refractivity contribution in [2.24, 2.45) is 0 Å². The molecule has 0 atom stereocenters. The molecule has 9 heteroatoms. The van der Waals surface area contributed by atoms with Gasteiger partial charge in [-0.15, -0.1) is 0 Å². The third-order valence-electron chi connectivity index (χ3n) is 3.17. The molecule has 0 radical (unpaired) electrons. The number of nitrogens with zero attached hydrogens (tertiary/aromatic N) is 5. The van der Waals surface area contributed by atoms with Crippen LogP contribution in [0.4, 0.5) is 17.2 Å². The van der Waals surface area contributed by atoms with Crippen LogP contribution < -0.4 is 11.1 Å². The monoisotopic (exact) mass is 311 g/mol. The molecule has 0 aliphatic rings. The van der Waals surface area contributed by atoms with Crippen molar-refractivity contribution < 1.29 is 4.92 Å². The van der Waals surface area contributed by atoms with Gasteiger partial charge in [-0.2, -0.15) is 5.10 Å². The zero-order valence-electron chi connectivity index (χ0n) is 12.0. The molecule has 0 aliphatic carbocycles. The van der Waals surface area contributed by atoms with E-state index in [4.69, 9.17) is 5.73 Å². The maximum absolute atomic E-state index is 10.8. The van der Waals surface area contributed by atoms with Crippen LogP contribution in [0.25, 0.3) is 5.82 Å². The Morgan fingerprint density at radius 2 is 2.17 bits per heavy atom. The number of anilines is 2. The second kappa shape index (κ2) is 6.10. The van der Waals surface area contributed by atoms with Crippen LogP contribution >= 0.6 is 0 Å². The molecule has 0 aliphatic heterocycles. The predicted molar refractivity (Wildman–Crippen MR) is 84.0 cm³/mol. The van der Waals surface area contributed by atoms with Crippen LogP contribution in [0.5, 0.6) is 0 Å². The van der Waals surface area contributed by atoms with Gasteiger partial charge in [0.1, 0.15) is 12.0 Å². The second-order valence-corrected chi connectivity index (χ2v) is 4.69. The maximum Gasteiger partial charge on any atom is 0.269 e. The standard InChI is InChI=1S/C14H13N7O2/c15-12-13(17-9-18-14(12)20-6-2-5-19-20)16-8-10-3-1-4-11(7-10)21(22)23/h1-7,9H,8,15H2,(H,16,17,18). The largest absolute Gasteiger partial charge is 0.393 e. The Hall–Kier alpha value is -3.49. The van der Waals surface area contributed by atoms with E-state index in [2.05, 4.69) is 20.4 Å². The molecule has 0 spiro atoms. The molecule has 0 unspecified atom stereocenters. The van der Waals surface area contributed by atoms with Gasteiger partial charge in [0.15, 0.2) is 11.6 Å². The Balaban J connectivity index is 1.80. The van der Waals surface area contributed by atoms with Crippen LogP contribution in [0.15, 0.2) is 49.1 Å². The quantitative estimate of drug-likeness (QED) is 0.543. The number of nitro groups is 1. The van der Waals surface area contributed by atoms with Crippen molar-refractivity contribution in [1.29, 1.82) is 0 Å². The Bertz CT molecular complexity index is 833. The van der Waals surface area contributed by atoms with Gasteiger partial charge in [-0.1, -0.05) is 12.1 Å². The number of non-ortho nitro benzene ring substituents is 1. The average Bonchev–Trinajstić information content (AvgIpc) is 3.08. The van der Waals surface area contributed by atoms with Crippen molar-refractivity contribution in [3.05, 3.63) is 64.7 Å². The van der Waals surface area contributed by atoms with Gasteiger partial charge in [0.05, 0.1) is 4.92 Å². The second-order valence-electron chi connectivity index (χ2n) is 4.69. The lowest BCUT2D eigenvalue weighted by Crippen LogP contribution is -2.10. The molecule has 9 nitrogen and oxygen atoms in total. The van der Waals surface area contributed by atoms with Crippen molar-refractivity contribution in [2.45, 2.75) is 6.54 Å². The highest BCUT2D eigenvalue weighted by atomic mass is 16.6. The Kier molecular flexibility index (Phi) is 3.83. The number of hydrogen-bond acceptors (Lipinski definition) is 7. The fourth-order valence-corrected chi connectivity index (χ4v) is 2.07. The molecule has 0 amide bonds. The molecular weight excluding hydrogens is 298 g/mol. The molecule has 2 heterocycles. The van der Waals surface area contributed by atoms with Crippen LogP contribution in [0.1, 0.15) is 5.56 Å². The van der Waals surface area contributed by atoms with Gasteiger partial charge in [-0.3, -0.25) is 10.1 Å². The molecule has 0 saturated carbocycles. The molecule has 2 aromatic heterocycles. The third kappa shape index (κ3) is 3.07. The SMILES string of the molecule is Nc1c(NCc2cccc([N+](=O)[O-])c2)ncnc1-n1cccn1. The van der Waals surface area contributed by atoms with E-state index < -0.39 is 4.92 Å². The summed E-state index contributed by atoms with van der Waals surface area (Å²) in [6.45, 7) is 0.349. The number of hydrogen-bond donors (Lipinski definition) is 2. The highest BCUT2D eigenvalue weighted by Crippen LogP contribution is 2.22. The lowest BCUT2D eigenvalue weighted by molar-refractivity contribution is -0.384. The van der Waals surface area contributed by atoms with E-state index in [1.165, 1.54) is 23.1 Å². The van der Waals surface area contributed by atoms with E-state index >= 15 is 0 Å². The molecule has 23 heavy (non-hydrogen) atoms. The first-order valence-corrected chi connectivity index (χ1v) is 6.73. The molecule has 3 aromatic rings. The van der Waals surface area contributed by atoms with Crippen molar-refractivity contribution in [3.63, 3.8) is 0 Å². The van der Waals surface area contributed by atoms with Gasteiger partial charge in [-0.25, -0.2) is 14.6 Å². The number of nitrogens with one attached hydrogen (secondary N) is 1. The minimum Gasteiger partial charge on any atom is -0.393 e. The van der Waals surface area contributed by atoms with E-state index in [1.807, 2.05) is 0 Å². The molecule has 0 fully saturated rings. The lowest BCUT2D eigenvalue weighted by Gasteiger charge is -2.11. The first-order chi connectivity index (χ1) is 11.1. The highest BCUT2D eigenvalue weighted by molar-refractivity contribution is 5.68. The number of nitrogens with two attached hydrogens (primary N) is 1. The summed E-state index contributed by atoms with van der Waals surface area (Å²) in [5.74, 6) is 0.906. The van der Waals surface area contributed by atoms with Gasteiger partial charge in [0.25, 0.3) is 5.69 Å². The fraction of sp³-hybridized carbons (Fsp3) is 0.0714. The Labute approximate surface area is 130 Å². The summed E-state index contributed by atoms with van der Waals surface area (Å²) < 4.78 is 1.54. The van der Waals surface area contributed by atoms with Crippen LogP contribution in [-0.2, 0) is 6.54 Å². The Morgan fingerprint density at radius 3 is 2.91 bits per heavy atom. The maximum atomic E-state index is 10.8. The number of nitro benzene ring substituents is 1. The molecule has 116 valence electrons. The molecular formula is C14H13N7O2. The molecule has 0 bridgehead atoms. The normalized spacial score (nSPS) is 10.4. The topological polar surface area (TPSA) is 125 Å². The van der Waals surface area contributed by atoms with Gasteiger partial charge < -0.3 is 11.1 Å². The van der Waals surface area contributed by atoms with Gasteiger partial charge in [-0.05, 0) is 11.6 Å². The molecule has 3 rings (SSSR count).